The molecule has 2 aromatic rings. The fourth-order valence-corrected chi connectivity index (χ4v) is 4.08. The molecule has 0 aliphatic heterocycles. The van der Waals surface area contributed by atoms with Crippen LogP contribution in [0.25, 0.3) is 0 Å². The van der Waals surface area contributed by atoms with Gasteiger partial charge in [-0.1, -0.05) is 56.1 Å². The highest BCUT2D eigenvalue weighted by Gasteiger charge is 2.28. The van der Waals surface area contributed by atoms with E-state index in [1.54, 1.807) is 25.1 Å². The van der Waals surface area contributed by atoms with Crippen molar-refractivity contribution in [1.29, 1.82) is 0 Å². The van der Waals surface area contributed by atoms with Gasteiger partial charge in [0.25, 0.3) is 5.91 Å². The molecule has 0 saturated carbocycles. The molecule has 0 aliphatic rings. The van der Waals surface area contributed by atoms with Crippen molar-refractivity contribution in [3.63, 3.8) is 0 Å². The van der Waals surface area contributed by atoms with Gasteiger partial charge in [-0.2, -0.15) is 0 Å². The van der Waals surface area contributed by atoms with Crippen molar-refractivity contribution in [2.24, 2.45) is 0 Å². The quantitative estimate of drug-likeness (QED) is 0.358. The number of hydrogen-bond donors (Lipinski definition) is 1. The van der Waals surface area contributed by atoms with E-state index in [0.717, 1.165) is 16.5 Å². The summed E-state index contributed by atoms with van der Waals surface area (Å²) in [6, 6.07) is 10.2. The van der Waals surface area contributed by atoms with Crippen LogP contribution < -0.4 is 10.1 Å². The van der Waals surface area contributed by atoms with Gasteiger partial charge in [-0.15, -0.1) is 0 Å². The first-order valence-electron chi connectivity index (χ1n) is 11.0. The van der Waals surface area contributed by atoms with Crippen LogP contribution in [0.3, 0.4) is 0 Å². The van der Waals surface area contributed by atoms with Gasteiger partial charge in [-0.05, 0) is 77.5 Å². The summed E-state index contributed by atoms with van der Waals surface area (Å²) < 4.78 is 6.58. The van der Waals surface area contributed by atoms with E-state index in [-0.39, 0.29) is 31.0 Å². The maximum absolute atomic E-state index is 13.2. The van der Waals surface area contributed by atoms with Gasteiger partial charge in [0, 0.05) is 22.6 Å². The number of ether oxygens (including phenoxy) is 1. The average molecular weight is 558 g/mol. The maximum Gasteiger partial charge on any atom is 0.261 e. The molecule has 180 valence electrons. The summed E-state index contributed by atoms with van der Waals surface area (Å²) >= 11 is 15.9. The highest BCUT2D eigenvalue weighted by Crippen LogP contribution is 2.29. The van der Waals surface area contributed by atoms with E-state index in [9.17, 15) is 9.59 Å². The van der Waals surface area contributed by atoms with Crippen LogP contribution in [0.2, 0.25) is 10.0 Å². The van der Waals surface area contributed by atoms with Crippen LogP contribution in [-0.2, 0) is 16.1 Å². The molecule has 0 heterocycles. The van der Waals surface area contributed by atoms with Gasteiger partial charge in [0.2, 0.25) is 5.91 Å². The minimum Gasteiger partial charge on any atom is -0.483 e. The average Bonchev–Trinajstić information content (AvgIpc) is 2.76. The molecule has 2 atom stereocenters. The molecule has 0 unspecified atom stereocenters. The van der Waals surface area contributed by atoms with Gasteiger partial charge in [0.05, 0.1) is 4.47 Å². The Hall–Kier alpha value is -1.76. The standard InChI is InChI=1S/C25H31BrCl2N2O3/c1-6-16(4)29-25(32)17(5)30(13-19-7-9-20(27)12-22(19)28)24(31)14-33-23-10-8-18(15(2)3)11-21(23)26/h7-12,15-17H,6,13-14H2,1-5H3,(H,29,32)/t16-,17+/m0/s1. The van der Waals surface area contributed by atoms with Gasteiger partial charge in [-0.25, -0.2) is 0 Å². The summed E-state index contributed by atoms with van der Waals surface area (Å²) in [5.74, 6) is 0.383. The highest BCUT2D eigenvalue weighted by molar-refractivity contribution is 9.10. The Balaban J connectivity index is 2.22. The number of carbonyl (C=O) groups excluding carboxylic acids is 2. The molecule has 0 radical (unpaired) electrons. The molecule has 2 aromatic carbocycles. The third-order valence-corrected chi connectivity index (χ3v) is 6.70. The van der Waals surface area contributed by atoms with E-state index < -0.39 is 6.04 Å². The molecule has 33 heavy (non-hydrogen) atoms. The second-order valence-corrected chi connectivity index (χ2v) is 10.1. The zero-order valence-electron chi connectivity index (χ0n) is 19.6. The molecule has 0 aromatic heterocycles. The lowest BCUT2D eigenvalue weighted by Crippen LogP contribution is -2.50. The Bertz CT molecular complexity index is 984. The van der Waals surface area contributed by atoms with Crippen LogP contribution in [0.15, 0.2) is 40.9 Å². The Morgan fingerprint density at radius 1 is 1.09 bits per heavy atom. The lowest BCUT2D eigenvalue weighted by molar-refractivity contribution is -0.142. The van der Waals surface area contributed by atoms with Crippen LogP contribution in [0.5, 0.6) is 5.75 Å². The largest absolute Gasteiger partial charge is 0.483 e. The van der Waals surface area contributed by atoms with Crippen molar-refractivity contribution < 1.29 is 14.3 Å². The first-order chi connectivity index (χ1) is 15.5. The lowest BCUT2D eigenvalue weighted by Gasteiger charge is -2.30. The molecule has 8 heteroatoms. The molecule has 2 rings (SSSR count). The summed E-state index contributed by atoms with van der Waals surface area (Å²) in [6.45, 7) is 9.77. The van der Waals surface area contributed by atoms with Gasteiger partial charge in [-0.3, -0.25) is 9.59 Å². The molecule has 0 aliphatic carbocycles. The second-order valence-electron chi connectivity index (χ2n) is 8.38. The third kappa shape index (κ3) is 7.90. The molecule has 0 spiro atoms. The summed E-state index contributed by atoms with van der Waals surface area (Å²) in [5.41, 5.74) is 1.86. The van der Waals surface area contributed by atoms with Gasteiger partial charge in [0.15, 0.2) is 6.61 Å². The normalized spacial score (nSPS) is 12.9. The van der Waals surface area contributed by atoms with Crippen molar-refractivity contribution in [3.8, 4) is 5.75 Å². The molecular weight excluding hydrogens is 527 g/mol. The van der Waals surface area contributed by atoms with Crippen molar-refractivity contribution >= 4 is 50.9 Å². The van der Waals surface area contributed by atoms with E-state index in [1.807, 2.05) is 32.0 Å². The van der Waals surface area contributed by atoms with E-state index in [0.29, 0.717) is 27.3 Å². The van der Waals surface area contributed by atoms with Crippen molar-refractivity contribution in [2.75, 3.05) is 6.61 Å². The smallest absolute Gasteiger partial charge is 0.261 e. The number of rotatable bonds is 10. The fraction of sp³-hybridized carbons (Fsp3) is 0.440. The topological polar surface area (TPSA) is 58.6 Å². The first kappa shape index (κ1) is 27.5. The van der Waals surface area contributed by atoms with E-state index >= 15 is 0 Å². The second kappa shape index (κ2) is 12.6. The number of hydrogen-bond acceptors (Lipinski definition) is 3. The first-order valence-corrected chi connectivity index (χ1v) is 12.5. The van der Waals surface area contributed by atoms with Crippen molar-refractivity contribution in [1.82, 2.24) is 10.2 Å². The van der Waals surface area contributed by atoms with Crippen LogP contribution in [0.1, 0.15) is 58.1 Å². The molecule has 1 N–H and O–H groups in total. The van der Waals surface area contributed by atoms with Crippen molar-refractivity contribution in [2.45, 2.75) is 65.6 Å². The van der Waals surface area contributed by atoms with Crippen LogP contribution >= 0.6 is 39.1 Å². The molecule has 2 amide bonds. The van der Waals surface area contributed by atoms with Gasteiger partial charge >= 0.3 is 0 Å². The minimum absolute atomic E-state index is 0.00250. The third-order valence-electron chi connectivity index (χ3n) is 5.50. The Labute approximate surface area is 214 Å². The van der Waals surface area contributed by atoms with Crippen LogP contribution in [0, 0.1) is 0 Å². The number of carbonyl (C=O) groups is 2. The number of amides is 2. The maximum atomic E-state index is 13.2. The number of halogens is 3. The Morgan fingerprint density at radius 2 is 1.79 bits per heavy atom. The van der Waals surface area contributed by atoms with Crippen LogP contribution in [-0.4, -0.2) is 35.4 Å². The summed E-state index contributed by atoms with van der Waals surface area (Å²) in [4.78, 5) is 27.5. The number of benzene rings is 2. The van der Waals surface area contributed by atoms with Crippen molar-refractivity contribution in [3.05, 3.63) is 62.0 Å². The number of nitrogens with one attached hydrogen (secondary N) is 1. The molecule has 0 saturated heterocycles. The van der Waals surface area contributed by atoms with E-state index in [4.69, 9.17) is 27.9 Å². The van der Waals surface area contributed by atoms with E-state index in [1.165, 1.54) is 4.90 Å². The highest BCUT2D eigenvalue weighted by atomic mass is 79.9. The predicted molar refractivity (Wildman–Crippen MR) is 138 cm³/mol. The van der Waals surface area contributed by atoms with E-state index in [2.05, 4.69) is 35.1 Å². The molecular formula is C25H31BrCl2N2O3. The zero-order valence-corrected chi connectivity index (χ0v) is 22.7. The number of nitrogens with zero attached hydrogens (tertiary/aromatic N) is 1. The molecule has 0 bridgehead atoms. The van der Waals surface area contributed by atoms with Crippen LogP contribution in [0.4, 0.5) is 0 Å². The minimum atomic E-state index is -0.714. The lowest BCUT2D eigenvalue weighted by atomic mass is 10.0. The van der Waals surface area contributed by atoms with Gasteiger partial charge < -0.3 is 15.0 Å². The fourth-order valence-electron chi connectivity index (χ4n) is 3.10. The zero-order chi connectivity index (χ0) is 24.7. The molecule has 5 nitrogen and oxygen atoms in total. The monoisotopic (exact) mass is 556 g/mol. The summed E-state index contributed by atoms with van der Waals surface area (Å²) in [7, 11) is 0. The summed E-state index contributed by atoms with van der Waals surface area (Å²) in [6.07, 6.45) is 0.791. The Kier molecular flexibility index (Phi) is 10.5. The van der Waals surface area contributed by atoms with Gasteiger partial charge in [0.1, 0.15) is 11.8 Å². The predicted octanol–water partition coefficient (Wildman–Crippen LogP) is 6.59. The summed E-state index contributed by atoms with van der Waals surface area (Å²) in [5, 5.41) is 3.87. The molecule has 0 fully saturated rings. The Morgan fingerprint density at radius 3 is 2.36 bits per heavy atom. The SMILES string of the molecule is CC[C@H](C)NC(=O)[C@@H](C)N(Cc1ccc(Cl)cc1Cl)C(=O)COc1ccc(C(C)C)cc1Br.